The van der Waals surface area contributed by atoms with Crippen molar-refractivity contribution in [1.29, 1.82) is 0 Å². The lowest BCUT2D eigenvalue weighted by atomic mass is 10.1. The van der Waals surface area contributed by atoms with Gasteiger partial charge >= 0.3 is 0 Å². The highest BCUT2D eigenvalue weighted by Crippen LogP contribution is 2.34. The van der Waals surface area contributed by atoms with Gasteiger partial charge in [-0.15, -0.1) is 0 Å². The average molecular weight is 493 g/mol. The number of hydrogen-bond donors (Lipinski definition) is 2. The molecule has 0 saturated carbocycles. The Bertz CT molecular complexity index is 1410. The van der Waals surface area contributed by atoms with Crippen molar-refractivity contribution in [2.75, 3.05) is 11.9 Å². The van der Waals surface area contributed by atoms with Crippen molar-refractivity contribution in [2.24, 2.45) is 4.99 Å². The number of halogens is 2. The number of aromatic nitrogens is 2. The second-order valence-corrected chi connectivity index (χ2v) is 8.60. The van der Waals surface area contributed by atoms with Crippen LogP contribution in [-0.2, 0) is 11.2 Å². The molecule has 2 atom stereocenters. The molecule has 0 fully saturated rings. The van der Waals surface area contributed by atoms with Gasteiger partial charge in [0.15, 0.2) is 17.5 Å². The van der Waals surface area contributed by atoms with Crippen molar-refractivity contribution in [1.82, 2.24) is 9.97 Å². The van der Waals surface area contributed by atoms with Crippen molar-refractivity contribution in [3.63, 3.8) is 0 Å². The lowest BCUT2D eigenvalue weighted by molar-refractivity contribution is 0.145. The van der Waals surface area contributed by atoms with Gasteiger partial charge in [-0.1, -0.05) is 29.8 Å². The summed E-state index contributed by atoms with van der Waals surface area (Å²) in [5.41, 5.74) is 2.43. The van der Waals surface area contributed by atoms with Gasteiger partial charge in [0.25, 0.3) is 0 Å². The summed E-state index contributed by atoms with van der Waals surface area (Å²) in [6.45, 7) is 2.09. The molecule has 1 aromatic heterocycles. The Morgan fingerprint density at radius 1 is 1.14 bits per heavy atom. The van der Waals surface area contributed by atoms with Crippen molar-refractivity contribution in [2.45, 2.75) is 25.5 Å². The molecule has 0 radical (unpaired) electrons. The molecule has 35 heavy (non-hydrogen) atoms. The third kappa shape index (κ3) is 5.18. The van der Waals surface area contributed by atoms with E-state index in [1.165, 1.54) is 18.5 Å². The second-order valence-electron chi connectivity index (χ2n) is 8.20. The molecule has 0 bridgehead atoms. The molecule has 0 amide bonds. The molecule has 1 aliphatic heterocycles. The van der Waals surface area contributed by atoms with Crippen LogP contribution in [0.4, 0.5) is 15.9 Å². The van der Waals surface area contributed by atoms with Crippen LogP contribution in [0.25, 0.3) is 10.9 Å². The predicted molar refractivity (Wildman–Crippen MR) is 133 cm³/mol. The Morgan fingerprint density at radius 2 is 2.00 bits per heavy atom. The molecule has 178 valence electrons. The summed E-state index contributed by atoms with van der Waals surface area (Å²) in [6.07, 6.45) is 1.43. The molecular weight excluding hydrogens is 471 g/mol. The van der Waals surface area contributed by atoms with Crippen LogP contribution in [-0.4, -0.2) is 39.7 Å². The van der Waals surface area contributed by atoms with E-state index in [9.17, 15) is 9.50 Å². The quantitative estimate of drug-likeness (QED) is 0.345. The Hall–Kier alpha value is -3.75. The fraction of sp³-hybridized carbons (Fsp3) is 0.192. The zero-order chi connectivity index (χ0) is 24.4. The van der Waals surface area contributed by atoms with Crippen LogP contribution in [0.5, 0.6) is 11.5 Å². The Labute approximate surface area is 206 Å². The van der Waals surface area contributed by atoms with E-state index in [1.54, 1.807) is 37.3 Å². The minimum absolute atomic E-state index is 0.0973. The van der Waals surface area contributed by atoms with Crippen molar-refractivity contribution in [3.8, 4) is 11.5 Å². The molecule has 7 nitrogen and oxygen atoms in total. The van der Waals surface area contributed by atoms with Crippen LogP contribution in [0, 0.1) is 5.82 Å². The largest absolute Gasteiger partial charge is 0.478 e. The number of fused-ring (bicyclic) bond motifs is 1. The van der Waals surface area contributed by atoms with E-state index >= 15 is 0 Å². The number of nitrogens with zero attached hydrogens (tertiary/aromatic N) is 3. The number of aliphatic hydroxyl groups excluding tert-OH is 1. The number of rotatable bonds is 7. The Balaban J connectivity index is 1.37. The minimum Gasteiger partial charge on any atom is -0.478 e. The van der Waals surface area contributed by atoms with Crippen molar-refractivity contribution >= 4 is 39.9 Å². The molecule has 3 aromatic carbocycles. The summed E-state index contributed by atoms with van der Waals surface area (Å²) in [6, 6.07) is 16.9. The third-order valence-electron chi connectivity index (χ3n) is 5.59. The smallest absolute Gasteiger partial charge is 0.188 e. The molecule has 2 heterocycles. The summed E-state index contributed by atoms with van der Waals surface area (Å²) in [7, 11) is 0. The summed E-state index contributed by atoms with van der Waals surface area (Å²) in [5, 5.41) is 14.1. The zero-order valence-corrected chi connectivity index (χ0v) is 19.5. The molecule has 2 N–H and O–H groups in total. The maximum atomic E-state index is 13.9. The van der Waals surface area contributed by atoms with Gasteiger partial charge in [0.05, 0.1) is 16.6 Å². The molecular formula is C26H22ClFN4O3. The molecule has 5 rings (SSSR count). The molecule has 0 saturated heterocycles. The molecule has 0 spiro atoms. The van der Waals surface area contributed by atoms with Gasteiger partial charge in [0.1, 0.15) is 30.5 Å². The highest BCUT2D eigenvalue weighted by Gasteiger charge is 2.23. The van der Waals surface area contributed by atoms with Crippen LogP contribution >= 0.6 is 11.6 Å². The SMILES string of the molecule is C[C@@H](O)[C@H]1COC(Cc2ccc3ncnc(Nc4ccc(Oc5ccccc5F)c(Cl)c4)c3c2)=N1. The lowest BCUT2D eigenvalue weighted by Gasteiger charge is -2.12. The van der Waals surface area contributed by atoms with Crippen LogP contribution in [0.15, 0.2) is 72.0 Å². The van der Waals surface area contributed by atoms with E-state index in [-0.39, 0.29) is 11.8 Å². The van der Waals surface area contributed by atoms with Crippen LogP contribution in [0.2, 0.25) is 5.02 Å². The monoisotopic (exact) mass is 492 g/mol. The van der Waals surface area contributed by atoms with Gasteiger partial charge in [0.2, 0.25) is 0 Å². The van der Waals surface area contributed by atoms with Gasteiger partial charge in [-0.25, -0.2) is 19.4 Å². The van der Waals surface area contributed by atoms with Crippen molar-refractivity contribution < 1.29 is 19.0 Å². The van der Waals surface area contributed by atoms with Crippen molar-refractivity contribution in [3.05, 3.63) is 83.4 Å². The number of para-hydroxylation sites is 1. The van der Waals surface area contributed by atoms with Gasteiger partial charge in [0, 0.05) is 17.5 Å². The number of nitrogens with one attached hydrogen (secondary N) is 1. The van der Waals surface area contributed by atoms with E-state index in [2.05, 4.69) is 20.3 Å². The number of benzene rings is 3. The molecule has 0 unspecified atom stereocenters. The van der Waals surface area contributed by atoms with Gasteiger partial charge in [-0.05, 0) is 55.0 Å². The van der Waals surface area contributed by atoms with E-state index in [4.69, 9.17) is 21.1 Å². The van der Waals surface area contributed by atoms with Crippen LogP contribution in [0.1, 0.15) is 12.5 Å². The first kappa shape index (κ1) is 23.0. The van der Waals surface area contributed by atoms with Gasteiger partial charge in [-0.2, -0.15) is 0 Å². The maximum absolute atomic E-state index is 13.9. The third-order valence-corrected chi connectivity index (χ3v) is 5.89. The maximum Gasteiger partial charge on any atom is 0.188 e. The van der Waals surface area contributed by atoms with Crippen LogP contribution in [0.3, 0.4) is 0 Å². The Kier molecular flexibility index (Phi) is 6.48. The second kappa shape index (κ2) is 9.85. The number of anilines is 2. The molecule has 0 aliphatic carbocycles. The fourth-order valence-electron chi connectivity index (χ4n) is 3.72. The topological polar surface area (TPSA) is 88.9 Å². The number of aliphatic hydroxyl groups is 1. The van der Waals surface area contributed by atoms with Gasteiger partial charge in [-0.3, -0.25) is 0 Å². The normalized spacial score (nSPS) is 16.0. The first-order valence-electron chi connectivity index (χ1n) is 11.1. The summed E-state index contributed by atoms with van der Waals surface area (Å²) in [4.78, 5) is 13.2. The predicted octanol–water partition coefficient (Wildman–Crippen LogP) is 5.68. The summed E-state index contributed by atoms with van der Waals surface area (Å²) < 4.78 is 25.2. The summed E-state index contributed by atoms with van der Waals surface area (Å²) in [5.74, 6) is 1.17. The van der Waals surface area contributed by atoms with E-state index in [0.29, 0.717) is 41.2 Å². The first-order valence-corrected chi connectivity index (χ1v) is 11.4. The van der Waals surface area contributed by atoms with Gasteiger partial charge < -0.3 is 19.9 Å². The summed E-state index contributed by atoms with van der Waals surface area (Å²) >= 11 is 6.41. The van der Waals surface area contributed by atoms with E-state index in [1.807, 2.05) is 18.2 Å². The molecule has 1 aliphatic rings. The molecule has 9 heteroatoms. The standard InChI is InChI=1S/C26H22ClFN4O3/c1-15(33)22-13-34-25(32-22)11-16-6-8-21-18(10-16)26(30-14-29-21)31-17-7-9-23(19(27)12-17)35-24-5-3-2-4-20(24)28/h2-10,12,14-15,22,33H,11,13H2,1H3,(H,29,30,31)/t15-,22-/m1/s1. The van der Waals surface area contributed by atoms with E-state index in [0.717, 1.165) is 16.5 Å². The first-order chi connectivity index (χ1) is 17.0. The average Bonchev–Trinajstić information content (AvgIpc) is 3.31. The minimum atomic E-state index is -0.552. The van der Waals surface area contributed by atoms with E-state index < -0.39 is 11.9 Å². The molecule has 4 aromatic rings. The lowest BCUT2D eigenvalue weighted by Crippen LogP contribution is -2.21. The van der Waals surface area contributed by atoms with Crippen LogP contribution < -0.4 is 10.1 Å². The number of ether oxygens (including phenoxy) is 2. The Morgan fingerprint density at radius 3 is 2.77 bits per heavy atom. The number of aliphatic imine (C=N–C) groups is 1. The highest BCUT2D eigenvalue weighted by molar-refractivity contribution is 6.32. The number of hydrogen-bond acceptors (Lipinski definition) is 7. The zero-order valence-electron chi connectivity index (χ0n) is 18.8. The fourth-order valence-corrected chi connectivity index (χ4v) is 3.94. The highest BCUT2D eigenvalue weighted by atomic mass is 35.5.